The number of nitrogens with one attached hydrogen (secondary N) is 3. The van der Waals surface area contributed by atoms with Crippen LogP contribution in [0.2, 0.25) is 0 Å². The average Bonchev–Trinajstić information content (AvgIpc) is 3.11. The number of unbranched alkanes of at least 4 members (excludes halogenated alkanes) is 1. The molecule has 0 spiro atoms. The maximum atomic E-state index is 12.5. The maximum absolute atomic E-state index is 12.5. The Kier molecular flexibility index (Phi) is 9.60. The molecule has 0 aromatic rings. The van der Waals surface area contributed by atoms with Crippen LogP contribution in [0.25, 0.3) is 0 Å². The van der Waals surface area contributed by atoms with Crippen molar-refractivity contribution in [2.45, 2.75) is 63.1 Å². The van der Waals surface area contributed by atoms with Crippen LogP contribution in [-0.4, -0.2) is 60.0 Å². The van der Waals surface area contributed by atoms with Gasteiger partial charge in [-0.05, 0) is 51.6 Å². The van der Waals surface area contributed by atoms with Gasteiger partial charge in [0.05, 0.1) is 6.04 Å². The highest BCUT2D eigenvalue weighted by atomic mass is 16.4. The van der Waals surface area contributed by atoms with E-state index in [1.54, 1.807) is 0 Å². The Morgan fingerprint density at radius 1 is 1.12 bits per heavy atom. The van der Waals surface area contributed by atoms with Gasteiger partial charge in [0.25, 0.3) is 0 Å². The van der Waals surface area contributed by atoms with Gasteiger partial charge in [-0.2, -0.15) is 0 Å². The van der Waals surface area contributed by atoms with Crippen molar-refractivity contribution in [3.05, 3.63) is 0 Å². The van der Waals surface area contributed by atoms with Crippen LogP contribution in [0, 0.1) is 0 Å². The second-order valence-electron chi connectivity index (χ2n) is 6.40. The van der Waals surface area contributed by atoms with Gasteiger partial charge in [0, 0.05) is 6.42 Å². The normalized spacial score (nSPS) is 18.7. The minimum atomic E-state index is -1.16. The number of nitrogens with two attached hydrogens (primary N) is 2. The van der Waals surface area contributed by atoms with Crippen molar-refractivity contribution in [3.8, 4) is 0 Å². The van der Waals surface area contributed by atoms with E-state index in [0.29, 0.717) is 25.8 Å². The third-order valence-electron chi connectivity index (χ3n) is 4.25. The monoisotopic (exact) mass is 371 g/mol. The molecule has 1 fully saturated rings. The summed E-state index contributed by atoms with van der Waals surface area (Å²) in [6.07, 6.45) is 2.87. The van der Waals surface area contributed by atoms with Gasteiger partial charge in [0.15, 0.2) is 0 Å². The molecule has 3 atom stereocenters. The average molecular weight is 371 g/mol. The molecule has 0 aromatic heterocycles. The Labute approximate surface area is 152 Å². The Hall–Kier alpha value is -2.20. The first-order valence-corrected chi connectivity index (χ1v) is 8.90. The zero-order chi connectivity index (χ0) is 19.5. The molecule has 148 valence electrons. The molecule has 3 unspecified atom stereocenters. The quantitative estimate of drug-likeness (QED) is 0.219. The molecule has 1 saturated heterocycles. The number of carbonyl (C=O) groups is 4. The topological polar surface area (TPSA) is 177 Å². The first-order valence-electron chi connectivity index (χ1n) is 8.90. The zero-order valence-electron chi connectivity index (χ0n) is 14.8. The molecule has 0 radical (unpaired) electrons. The fourth-order valence-corrected chi connectivity index (χ4v) is 2.76. The van der Waals surface area contributed by atoms with Crippen LogP contribution in [0.1, 0.15) is 44.9 Å². The Bertz CT molecular complexity index is 507. The van der Waals surface area contributed by atoms with Crippen LogP contribution in [-0.2, 0) is 19.2 Å². The molecule has 3 amide bonds. The molecular weight excluding hydrogens is 342 g/mol. The fraction of sp³-hybridized carbons (Fsp3) is 0.750. The van der Waals surface area contributed by atoms with Crippen molar-refractivity contribution in [2.24, 2.45) is 11.5 Å². The van der Waals surface area contributed by atoms with Crippen LogP contribution in [0.4, 0.5) is 0 Å². The molecule has 8 N–H and O–H groups in total. The lowest BCUT2D eigenvalue weighted by atomic mass is 10.1. The SMILES string of the molecule is NCCCCC(NC(=O)C(CCC(N)=O)NC(=O)C1CCCN1)C(=O)O. The molecular formula is C16H29N5O5. The van der Waals surface area contributed by atoms with Gasteiger partial charge in [-0.15, -0.1) is 0 Å². The number of amides is 3. The van der Waals surface area contributed by atoms with Crippen molar-refractivity contribution in [1.29, 1.82) is 0 Å². The van der Waals surface area contributed by atoms with E-state index in [4.69, 9.17) is 11.5 Å². The predicted octanol–water partition coefficient (Wildman–Crippen LogP) is -1.81. The van der Waals surface area contributed by atoms with Crippen molar-refractivity contribution < 1.29 is 24.3 Å². The number of hydrogen-bond acceptors (Lipinski definition) is 6. The Morgan fingerprint density at radius 3 is 2.38 bits per heavy atom. The van der Waals surface area contributed by atoms with Gasteiger partial charge in [-0.1, -0.05) is 0 Å². The van der Waals surface area contributed by atoms with Crippen molar-refractivity contribution in [1.82, 2.24) is 16.0 Å². The summed E-state index contributed by atoms with van der Waals surface area (Å²) < 4.78 is 0. The van der Waals surface area contributed by atoms with E-state index in [-0.39, 0.29) is 25.2 Å². The van der Waals surface area contributed by atoms with Crippen molar-refractivity contribution in [2.75, 3.05) is 13.1 Å². The summed E-state index contributed by atoms with van der Waals surface area (Å²) in [6.45, 7) is 1.16. The highest BCUT2D eigenvalue weighted by molar-refractivity contribution is 5.92. The largest absolute Gasteiger partial charge is 0.480 e. The second kappa shape index (κ2) is 11.4. The van der Waals surface area contributed by atoms with E-state index in [0.717, 1.165) is 13.0 Å². The minimum absolute atomic E-state index is 0.00870. The van der Waals surface area contributed by atoms with E-state index < -0.39 is 35.9 Å². The number of carboxylic acids is 1. The number of carbonyl (C=O) groups excluding carboxylic acids is 3. The number of hydrogen-bond donors (Lipinski definition) is 6. The second-order valence-corrected chi connectivity index (χ2v) is 6.40. The molecule has 1 heterocycles. The van der Waals surface area contributed by atoms with Gasteiger partial charge in [0.1, 0.15) is 12.1 Å². The molecule has 1 aliphatic rings. The summed E-state index contributed by atoms with van der Waals surface area (Å²) in [5.41, 5.74) is 10.5. The smallest absolute Gasteiger partial charge is 0.326 e. The summed E-state index contributed by atoms with van der Waals surface area (Å²) in [5.74, 6) is -2.75. The third-order valence-corrected chi connectivity index (χ3v) is 4.25. The fourth-order valence-electron chi connectivity index (χ4n) is 2.76. The number of aliphatic carboxylic acids is 1. The minimum Gasteiger partial charge on any atom is -0.480 e. The van der Waals surface area contributed by atoms with E-state index in [1.807, 2.05) is 0 Å². The van der Waals surface area contributed by atoms with E-state index in [9.17, 15) is 24.3 Å². The summed E-state index contributed by atoms with van der Waals surface area (Å²) in [7, 11) is 0. The van der Waals surface area contributed by atoms with Crippen LogP contribution in [0.5, 0.6) is 0 Å². The van der Waals surface area contributed by atoms with E-state index in [2.05, 4.69) is 16.0 Å². The molecule has 0 saturated carbocycles. The standard InChI is InChI=1S/C16H29N5O5/c17-8-2-1-4-12(16(25)26)21-15(24)11(6-7-13(18)22)20-14(23)10-5-3-9-19-10/h10-12,19H,1-9,17H2,(H2,18,22)(H,20,23)(H,21,24)(H,25,26). The van der Waals surface area contributed by atoms with Gasteiger partial charge in [-0.3, -0.25) is 14.4 Å². The van der Waals surface area contributed by atoms with E-state index >= 15 is 0 Å². The lowest BCUT2D eigenvalue weighted by Crippen LogP contribution is -2.54. The van der Waals surface area contributed by atoms with Crippen LogP contribution in [0.3, 0.4) is 0 Å². The first kappa shape index (κ1) is 21.8. The number of rotatable bonds is 12. The van der Waals surface area contributed by atoms with Crippen molar-refractivity contribution >= 4 is 23.7 Å². The number of primary amides is 1. The maximum Gasteiger partial charge on any atom is 0.326 e. The molecule has 0 aliphatic carbocycles. The van der Waals surface area contributed by atoms with Gasteiger partial charge < -0.3 is 32.5 Å². The summed E-state index contributed by atoms with van der Waals surface area (Å²) in [5, 5.41) is 17.3. The van der Waals surface area contributed by atoms with Gasteiger partial charge in [0.2, 0.25) is 17.7 Å². The van der Waals surface area contributed by atoms with Crippen LogP contribution >= 0.6 is 0 Å². The summed E-state index contributed by atoms with van der Waals surface area (Å²) >= 11 is 0. The van der Waals surface area contributed by atoms with Crippen molar-refractivity contribution in [3.63, 3.8) is 0 Å². The lowest BCUT2D eigenvalue weighted by Gasteiger charge is -2.22. The summed E-state index contributed by atoms with van der Waals surface area (Å²) in [6, 6.07) is -2.49. The Morgan fingerprint density at radius 2 is 1.85 bits per heavy atom. The van der Waals surface area contributed by atoms with Gasteiger partial charge >= 0.3 is 5.97 Å². The van der Waals surface area contributed by atoms with Crippen LogP contribution in [0.15, 0.2) is 0 Å². The molecule has 10 nitrogen and oxygen atoms in total. The molecule has 26 heavy (non-hydrogen) atoms. The molecule has 1 aliphatic heterocycles. The molecule has 10 heteroatoms. The zero-order valence-corrected chi connectivity index (χ0v) is 14.8. The first-order chi connectivity index (χ1) is 12.3. The molecule has 1 rings (SSSR count). The third kappa shape index (κ3) is 7.79. The number of carboxylic acid groups (broad SMARTS) is 1. The lowest BCUT2D eigenvalue weighted by molar-refractivity contribution is -0.142. The molecule has 0 bridgehead atoms. The van der Waals surface area contributed by atoms with Crippen LogP contribution < -0.4 is 27.4 Å². The Balaban J connectivity index is 2.69. The predicted molar refractivity (Wildman–Crippen MR) is 93.9 cm³/mol. The highest BCUT2D eigenvalue weighted by Gasteiger charge is 2.29. The summed E-state index contributed by atoms with van der Waals surface area (Å²) in [4.78, 5) is 47.1. The molecule has 0 aromatic carbocycles. The highest BCUT2D eigenvalue weighted by Crippen LogP contribution is 2.08. The van der Waals surface area contributed by atoms with E-state index in [1.165, 1.54) is 0 Å². The van der Waals surface area contributed by atoms with Gasteiger partial charge in [-0.25, -0.2) is 4.79 Å².